The largest absolute Gasteiger partial charge is 0.495 e. The molecule has 0 radical (unpaired) electrons. The van der Waals surface area contributed by atoms with Gasteiger partial charge in [-0.3, -0.25) is 14.9 Å². The van der Waals surface area contributed by atoms with Gasteiger partial charge in [0.1, 0.15) is 5.75 Å². The standard InChI is InChI=1S/C19H17ClN2O6/c1-12-9-16(17(27-2)10-15(12)20)21-18(23)11-28-19(24)8-5-13-3-6-14(7-4-13)22(25)26/h3-10H,11H2,1-2H3,(H,21,23)/b8-5+. The van der Waals surface area contributed by atoms with Gasteiger partial charge in [0.15, 0.2) is 6.61 Å². The second-order valence-corrected chi connectivity index (χ2v) is 6.05. The van der Waals surface area contributed by atoms with Gasteiger partial charge in [0.05, 0.1) is 17.7 Å². The van der Waals surface area contributed by atoms with Crippen molar-refractivity contribution in [1.82, 2.24) is 0 Å². The Morgan fingerprint density at radius 1 is 1.25 bits per heavy atom. The molecule has 2 rings (SSSR count). The van der Waals surface area contributed by atoms with Crippen LogP contribution in [0.1, 0.15) is 11.1 Å². The summed E-state index contributed by atoms with van der Waals surface area (Å²) in [5, 5.41) is 13.7. The van der Waals surface area contributed by atoms with Crippen molar-refractivity contribution in [2.45, 2.75) is 6.92 Å². The average Bonchev–Trinajstić information content (AvgIpc) is 2.67. The molecule has 0 aromatic heterocycles. The molecule has 2 aromatic carbocycles. The fourth-order valence-corrected chi connectivity index (χ4v) is 2.33. The number of hydrogen-bond donors (Lipinski definition) is 1. The van der Waals surface area contributed by atoms with E-state index < -0.39 is 23.4 Å². The van der Waals surface area contributed by atoms with Crippen molar-refractivity contribution in [3.63, 3.8) is 0 Å². The van der Waals surface area contributed by atoms with Gasteiger partial charge in [0.2, 0.25) is 0 Å². The first-order valence-electron chi connectivity index (χ1n) is 8.03. The van der Waals surface area contributed by atoms with Crippen LogP contribution in [-0.2, 0) is 14.3 Å². The number of methoxy groups -OCH3 is 1. The van der Waals surface area contributed by atoms with Crippen LogP contribution in [0.4, 0.5) is 11.4 Å². The van der Waals surface area contributed by atoms with Crippen molar-refractivity contribution in [2.24, 2.45) is 0 Å². The number of ether oxygens (including phenoxy) is 2. The van der Waals surface area contributed by atoms with Gasteiger partial charge < -0.3 is 14.8 Å². The van der Waals surface area contributed by atoms with Crippen molar-refractivity contribution in [3.8, 4) is 5.75 Å². The highest BCUT2D eigenvalue weighted by Crippen LogP contribution is 2.30. The van der Waals surface area contributed by atoms with E-state index >= 15 is 0 Å². The highest BCUT2D eigenvalue weighted by Gasteiger charge is 2.12. The number of nitro groups is 1. The Kier molecular flexibility index (Phi) is 7.11. The summed E-state index contributed by atoms with van der Waals surface area (Å²) in [5.41, 5.74) is 1.69. The molecule has 0 unspecified atom stereocenters. The number of amides is 1. The minimum absolute atomic E-state index is 0.0516. The van der Waals surface area contributed by atoms with Crippen LogP contribution >= 0.6 is 11.6 Å². The molecule has 0 saturated carbocycles. The van der Waals surface area contributed by atoms with Crippen LogP contribution in [0.5, 0.6) is 5.75 Å². The second-order valence-electron chi connectivity index (χ2n) is 5.64. The number of benzene rings is 2. The molecule has 1 N–H and O–H groups in total. The lowest BCUT2D eigenvalue weighted by atomic mass is 10.2. The van der Waals surface area contributed by atoms with Gasteiger partial charge in [0.25, 0.3) is 11.6 Å². The predicted molar refractivity (Wildman–Crippen MR) is 104 cm³/mol. The van der Waals surface area contributed by atoms with Crippen molar-refractivity contribution < 1.29 is 24.0 Å². The molecular weight excluding hydrogens is 388 g/mol. The van der Waals surface area contributed by atoms with Gasteiger partial charge in [-0.2, -0.15) is 0 Å². The molecule has 8 nitrogen and oxygen atoms in total. The average molecular weight is 405 g/mol. The summed E-state index contributed by atoms with van der Waals surface area (Å²) < 4.78 is 10.0. The van der Waals surface area contributed by atoms with E-state index in [1.807, 2.05) is 0 Å². The number of carbonyl (C=O) groups excluding carboxylic acids is 2. The van der Waals surface area contributed by atoms with Gasteiger partial charge in [-0.15, -0.1) is 0 Å². The summed E-state index contributed by atoms with van der Waals surface area (Å²) in [6, 6.07) is 8.84. The van der Waals surface area contributed by atoms with Crippen LogP contribution < -0.4 is 10.1 Å². The Balaban J connectivity index is 1.89. The number of esters is 1. The Morgan fingerprint density at radius 2 is 1.93 bits per heavy atom. The molecule has 146 valence electrons. The van der Waals surface area contributed by atoms with Gasteiger partial charge >= 0.3 is 5.97 Å². The van der Waals surface area contributed by atoms with E-state index in [2.05, 4.69) is 5.32 Å². The highest BCUT2D eigenvalue weighted by molar-refractivity contribution is 6.31. The van der Waals surface area contributed by atoms with E-state index in [0.29, 0.717) is 22.0 Å². The summed E-state index contributed by atoms with van der Waals surface area (Å²) in [4.78, 5) is 33.8. The van der Waals surface area contributed by atoms with Crippen LogP contribution in [0.25, 0.3) is 6.08 Å². The zero-order chi connectivity index (χ0) is 20.7. The maximum absolute atomic E-state index is 12.0. The third-order valence-electron chi connectivity index (χ3n) is 3.62. The fraction of sp³-hybridized carbons (Fsp3) is 0.158. The van der Waals surface area contributed by atoms with E-state index in [-0.39, 0.29) is 5.69 Å². The molecule has 0 atom stereocenters. The number of carbonyl (C=O) groups is 2. The molecule has 0 heterocycles. The normalized spacial score (nSPS) is 10.5. The molecule has 2 aromatic rings. The van der Waals surface area contributed by atoms with E-state index in [1.165, 1.54) is 37.5 Å². The van der Waals surface area contributed by atoms with Crippen molar-refractivity contribution in [3.05, 3.63) is 68.7 Å². The summed E-state index contributed by atoms with van der Waals surface area (Å²) in [6.45, 7) is 1.29. The Bertz CT molecular complexity index is 925. The van der Waals surface area contributed by atoms with E-state index in [0.717, 1.165) is 11.6 Å². The molecule has 0 aliphatic carbocycles. The minimum Gasteiger partial charge on any atom is -0.495 e. The van der Waals surface area contributed by atoms with E-state index in [9.17, 15) is 19.7 Å². The van der Waals surface area contributed by atoms with E-state index in [1.54, 1.807) is 19.1 Å². The molecule has 1 amide bonds. The molecule has 0 aliphatic rings. The van der Waals surface area contributed by atoms with Crippen molar-refractivity contribution in [1.29, 1.82) is 0 Å². The molecular formula is C19H17ClN2O6. The van der Waals surface area contributed by atoms with Crippen LogP contribution in [0.3, 0.4) is 0 Å². The predicted octanol–water partition coefficient (Wildman–Crippen LogP) is 3.76. The number of aryl methyl sites for hydroxylation is 1. The number of anilines is 1. The highest BCUT2D eigenvalue weighted by atomic mass is 35.5. The molecule has 9 heteroatoms. The van der Waals surface area contributed by atoms with Crippen LogP contribution in [0.15, 0.2) is 42.5 Å². The van der Waals surface area contributed by atoms with Crippen LogP contribution in [0.2, 0.25) is 5.02 Å². The third kappa shape index (κ3) is 5.82. The zero-order valence-electron chi connectivity index (χ0n) is 15.1. The number of rotatable bonds is 7. The summed E-state index contributed by atoms with van der Waals surface area (Å²) in [7, 11) is 1.44. The second kappa shape index (κ2) is 9.52. The van der Waals surface area contributed by atoms with Gasteiger partial charge in [-0.1, -0.05) is 11.6 Å². The monoisotopic (exact) mass is 404 g/mol. The summed E-state index contributed by atoms with van der Waals surface area (Å²) in [5.74, 6) is -0.891. The quantitative estimate of drug-likeness (QED) is 0.326. The molecule has 0 bridgehead atoms. The lowest BCUT2D eigenvalue weighted by Crippen LogP contribution is -2.20. The first-order valence-corrected chi connectivity index (χ1v) is 8.41. The number of hydrogen-bond acceptors (Lipinski definition) is 6. The number of nitrogens with one attached hydrogen (secondary N) is 1. The smallest absolute Gasteiger partial charge is 0.331 e. The molecule has 0 spiro atoms. The first kappa shape index (κ1) is 20.9. The lowest BCUT2D eigenvalue weighted by Gasteiger charge is -2.12. The molecule has 0 fully saturated rings. The van der Waals surface area contributed by atoms with Gasteiger partial charge in [-0.25, -0.2) is 4.79 Å². The van der Waals surface area contributed by atoms with Gasteiger partial charge in [0, 0.05) is 29.3 Å². The van der Waals surface area contributed by atoms with Crippen molar-refractivity contribution >= 4 is 40.9 Å². The zero-order valence-corrected chi connectivity index (χ0v) is 15.9. The van der Waals surface area contributed by atoms with Crippen LogP contribution in [0, 0.1) is 17.0 Å². The third-order valence-corrected chi connectivity index (χ3v) is 4.02. The van der Waals surface area contributed by atoms with Gasteiger partial charge in [-0.05, 0) is 42.3 Å². The summed E-state index contributed by atoms with van der Waals surface area (Å²) in [6.07, 6.45) is 2.55. The fourth-order valence-electron chi connectivity index (χ4n) is 2.17. The van der Waals surface area contributed by atoms with Crippen molar-refractivity contribution in [2.75, 3.05) is 19.0 Å². The number of nitrogens with zero attached hydrogens (tertiary/aromatic N) is 1. The Morgan fingerprint density at radius 3 is 2.54 bits per heavy atom. The Labute approximate surface area is 165 Å². The molecule has 0 aliphatic heterocycles. The maximum atomic E-state index is 12.0. The topological polar surface area (TPSA) is 108 Å². The first-order chi connectivity index (χ1) is 13.3. The molecule has 28 heavy (non-hydrogen) atoms. The number of non-ortho nitro benzene ring substituents is 1. The van der Waals surface area contributed by atoms with E-state index in [4.69, 9.17) is 21.1 Å². The number of nitro benzene ring substituents is 1. The summed E-state index contributed by atoms with van der Waals surface area (Å²) >= 11 is 6.01. The Hall–Kier alpha value is -3.39. The number of halogens is 1. The minimum atomic E-state index is -0.729. The molecule has 0 saturated heterocycles. The SMILES string of the molecule is COc1cc(Cl)c(C)cc1NC(=O)COC(=O)/C=C/c1ccc([N+](=O)[O-])cc1. The lowest BCUT2D eigenvalue weighted by molar-refractivity contribution is -0.384. The maximum Gasteiger partial charge on any atom is 0.331 e. The van der Waals surface area contributed by atoms with Crippen LogP contribution in [-0.4, -0.2) is 30.5 Å².